The molecule has 0 fully saturated rings. The van der Waals surface area contributed by atoms with E-state index in [0.717, 1.165) is 6.42 Å². The van der Waals surface area contributed by atoms with E-state index >= 15 is 0 Å². The molecular formula is C15H17ClN2O2. The molecular weight excluding hydrogens is 276 g/mol. The molecule has 2 rings (SSSR count). The van der Waals surface area contributed by atoms with Crippen molar-refractivity contribution in [1.29, 1.82) is 0 Å². The van der Waals surface area contributed by atoms with Crippen LogP contribution in [0.15, 0.2) is 46.2 Å². The van der Waals surface area contributed by atoms with Crippen LogP contribution in [0.2, 0.25) is 5.02 Å². The third-order valence-corrected chi connectivity index (χ3v) is 3.44. The Morgan fingerprint density at radius 1 is 1.10 bits per heavy atom. The molecule has 2 aromatic rings. The van der Waals surface area contributed by atoms with Gasteiger partial charge in [0, 0.05) is 18.9 Å². The fourth-order valence-corrected chi connectivity index (χ4v) is 2.15. The van der Waals surface area contributed by atoms with Crippen LogP contribution in [0.4, 0.5) is 0 Å². The van der Waals surface area contributed by atoms with Gasteiger partial charge in [0.15, 0.2) is 0 Å². The third-order valence-electron chi connectivity index (χ3n) is 3.12. The van der Waals surface area contributed by atoms with E-state index < -0.39 is 11.1 Å². The van der Waals surface area contributed by atoms with E-state index in [0.29, 0.717) is 23.2 Å². The van der Waals surface area contributed by atoms with Gasteiger partial charge in [0.25, 0.3) is 0 Å². The standard InChI is InChI=1S/C15H17ClN2O2/c1-11(2)7-8-17-9-10-18(15(20)14(17)19)13-6-4-3-5-12(13)16/h3-6,9-11H,7-8H2,1-2H3. The molecule has 106 valence electrons. The maximum atomic E-state index is 12.2. The van der Waals surface area contributed by atoms with Crippen LogP contribution in [0.5, 0.6) is 0 Å². The summed E-state index contributed by atoms with van der Waals surface area (Å²) in [4.78, 5) is 24.2. The van der Waals surface area contributed by atoms with Gasteiger partial charge in [0.1, 0.15) is 0 Å². The molecule has 0 unspecified atom stereocenters. The lowest BCUT2D eigenvalue weighted by atomic mass is 10.1. The highest BCUT2D eigenvalue weighted by Gasteiger charge is 2.09. The first-order valence-corrected chi connectivity index (χ1v) is 6.95. The molecule has 0 bridgehead atoms. The Morgan fingerprint density at radius 2 is 1.80 bits per heavy atom. The van der Waals surface area contributed by atoms with Crippen LogP contribution in [0, 0.1) is 5.92 Å². The summed E-state index contributed by atoms with van der Waals surface area (Å²) in [6.07, 6.45) is 4.08. The summed E-state index contributed by atoms with van der Waals surface area (Å²) in [5.41, 5.74) is -0.579. The molecule has 0 atom stereocenters. The summed E-state index contributed by atoms with van der Waals surface area (Å²) in [5, 5.41) is 0.439. The summed E-state index contributed by atoms with van der Waals surface area (Å²) in [7, 11) is 0. The van der Waals surface area contributed by atoms with Crippen LogP contribution < -0.4 is 11.1 Å². The topological polar surface area (TPSA) is 44.0 Å². The number of aromatic nitrogens is 2. The van der Waals surface area contributed by atoms with Crippen LogP contribution in [-0.2, 0) is 6.54 Å². The predicted molar refractivity (Wildman–Crippen MR) is 80.8 cm³/mol. The molecule has 0 radical (unpaired) electrons. The Bertz CT molecular complexity index is 716. The number of benzene rings is 1. The summed E-state index contributed by atoms with van der Waals surface area (Å²) < 4.78 is 2.74. The largest absolute Gasteiger partial charge is 0.321 e. The van der Waals surface area contributed by atoms with Crippen molar-refractivity contribution >= 4 is 11.6 Å². The fraction of sp³-hybridized carbons (Fsp3) is 0.333. The predicted octanol–water partition coefficient (Wildman–Crippen LogP) is 2.70. The van der Waals surface area contributed by atoms with Crippen molar-refractivity contribution in [3.63, 3.8) is 0 Å². The number of para-hydroxylation sites is 1. The van der Waals surface area contributed by atoms with Crippen molar-refractivity contribution in [2.75, 3.05) is 0 Å². The van der Waals surface area contributed by atoms with Gasteiger partial charge in [-0.25, -0.2) is 0 Å². The Morgan fingerprint density at radius 3 is 2.45 bits per heavy atom. The first-order chi connectivity index (χ1) is 9.50. The third kappa shape index (κ3) is 3.02. The number of aryl methyl sites for hydroxylation is 1. The minimum absolute atomic E-state index is 0.439. The Hall–Kier alpha value is -1.81. The Kier molecular flexibility index (Phi) is 4.45. The molecule has 0 N–H and O–H groups in total. The summed E-state index contributed by atoms with van der Waals surface area (Å²) in [6.45, 7) is 4.71. The Balaban J connectivity index is 2.45. The van der Waals surface area contributed by atoms with E-state index in [1.807, 2.05) is 0 Å². The highest BCUT2D eigenvalue weighted by atomic mass is 35.5. The smallest absolute Gasteiger partial charge is 0.309 e. The van der Waals surface area contributed by atoms with Crippen LogP contribution in [0.1, 0.15) is 20.3 Å². The maximum absolute atomic E-state index is 12.2. The van der Waals surface area contributed by atoms with Gasteiger partial charge in [-0.05, 0) is 24.5 Å². The van der Waals surface area contributed by atoms with Crippen LogP contribution >= 0.6 is 11.6 Å². The molecule has 1 aromatic carbocycles. The van der Waals surface area contributed by atoms with Gasteiger partial charge in [0.2, 0.25) is 0 Å². The van der Waals surface area contributed by atoms with Gasteiger partial charge >= 0.3 is 11.1 Å². The van der Waals surface area contributed by atoms with Crippen molar-refractivity contribution in [1.82, 2.24) is 9.13 Å². The quantitative estimate of drug-likeness (QED) is 0.813. The minimum atomic E-state index is -0.579. The zero-order chi connectivity index (χ0) is 14.7. The van der Waals surface area contributed by atoms with Crippen molar-refractivity contribution < 1.29 is 0 Å². The van der Waals surface area contributed by atoms with E-state index in [1.54, 1.807) is 36.7 Å². The van der Waals surface area contributed by atoms with Gasteiger partial charge in [-0.1, -0.05) is 37.6 Å². The van der Waals surface area contributed by atoms with Crippen LogP contribution in [-0.4, -0.2) is 9.13 Å². The monoisotopic (exact) mass is 292 g/mol. The van der Waals surface area contributed by atoms with Gasteiger partial charge in [-0.15, -0.1) is 0 Å². The molecule has 1 aromatic heterocycles. The molecule has 20 heavy (non-hydrogen) atoms. The molecule has 0 spiro atoms. The second-order valence-corrected chi connectivity index (χ2v) is 5.51. The van der Waals surface area contributed by atoms with Gasteiger partial charge < -0.3 is 4.57 Å². The van der Waals surface area contributed by atoms with Crippen molar-refractivity contribution in [2.24, 2.45) is 5.92 Å². The summed E-state index contributed by atoms with van der Waals surface area (Å²) in [5.74, 6) is 0.480. The molecule has 0 aliphatic carbocycles. The molecule has 0 saturated heterocycles. The van der Waals surface area contributed by atoms with Gasteiger partial charge in [0.05, 0.1) is 10.7 Å². The second kappa shape index (κ2) is 6.09. The zero-order valence-corrected chi connectivity index (χ0v) is 12.3. The molecule has 0 aliphatic heterocycles. The highest BCUT2D eigenvalue weighted by molar-refractivity contribution is 6.32. The first kappa shape index (κ1) is 14.6. The second-order valence-electron chi connectivity index (χ2n) is 5.11. The normalized spacial score (nSPS) is 11.0. The van der Waals surface area contributed by atoms with Gasteiger partial charge in [-0.2, -0.15) is 0 Å². The first-order valence-electron chi connectivity index (χ1n) is 6.57. The molecule has 1 heterocycles. The number of hydrogen-bond acceptors (Lipinski definition) is 2. The van der Waals surface area contributed by atoms with E-state index in [9.17, 15) is 9.59 Å². The van der Waals surface area contributed by atoms with Crippen LogP contribution in [0.25, 0.3) is 5.69 Å². The lowest BCUT2D eigenvalue weighted by Gasteiger charge is -2.11. The van der Waals surface area contributed by atoms with E-state index in [1.165, 1.54) is 9.13 Å². The van der Waals surface area contributed by atoms with Crippen LogP contribution in [0.3, 0.4) is 0 Å². The number of halogens is 1. The average molecular weight is 293 g/mol. The summed E-state index contributed by atoms with van der Waals surface area (Å²) >= 11 is 6.06. The molecule has 5 heteroatoms. The molecule has 0 amide bonds. The number of rotatable bonds is 4. The highest BCUT2D eigenvalue weighted by Crippen LogP contribution is 2.17. The molecule has 4 nitrogen and oxygen atoms in total. The SMILES string of the molecule is CC(C)CCn1ccn(-c2ccccc2Cl)c(=O)c1=O. The van der Waals surface area contributed by atoms with E-state index in [-0.39, 0.29) is 0 Å². The number of hydrogen-bond donors (Lipinski definition) is 0. The Labute approximate surface area is 122 Å². The zero-order valence-electron chi connectivity index (χ0n) is 11.5. The van der Waals surface area contributed by atoms with Crippen molar-refractivity contribution in [2.45, 2.75) is 26.8 Å². The summed E-state index contributed by atoms with van der Waals surface area (Å²) in [6, 6.07) is 6.95. The number of nitrogens with zero attached hydrogens (tertiary/aromatic N) is 2. The minimum Gasteiger partial charge on any atom is -0.309 e. The van der Waals surface area contributed by atoms with Crippen molar-refractivity contribution in [3.8, 4) is 5.69 Å². The fourth-order valence-electron chi connectivity index (χ4n) is 1.92. The average Bonchev–Trinajstić information content (AvgIpc) is 2.41. The van der Waals surface area contributed by atoms with E-state index in [4.69, 9.17) is 11.6 Å². The van der Waals surface area contributed by atoms with Gasteiger partial charge in [-0.3, -0.25) is 14.2 Å². The molecule has 0 saturated carbocycles. The molecule has 0 aliphatic rings. The van der Waals surface area contributed by atoms with E-state index in [2.05, 4.69) is 13.8 Å². The lowest BCUT2D eigenvalue weighted by molar-refractivity contribution is 0.503. The van der Waals surface area contributed by atoms with Crippen molar-refractivity contribution in [3.05, 3.63) is 62.4 Å². The maximum Gasteiger partial charge on any atom is 0.321 e. The lowest BCUT2D eigenvalue weighted by Crippen LogP contribution is -2.40.